The van der Waals surface area contributed by atoms with E-state index in [0.717, 1.165) is 18.7 Å². The summed E-state index contributed by atoms with van der Waals surface area (Å²) in [6.45, 7) is 5.92. The third-order valence-corrected chi connectivity index (χ3v) is 2.12. The maximum absolute atomic E-state index is 10.9. The first-order valence-electron chi connectivity index (χ1n) is 5.15. The normalized spacial score (nSPS) is 10.7. The van der Waals surface area contributed by atoms with Crippen LogP contribution in [0.4, 0.5) is 0 Å². The van der Waals surface area contributed by atoms with Crippen LogP contribution >= 0.6 is 0 Å². The summed E-state index contributed by atoms with van der Waals surface area (Å²) in [6.07, 6.45) is 3.17. The molecule has 0 amide bonds. The van der Waals surface area contributed by atoms with Crippen LogP contribution in [0.15, 0.2) is 6.20 Å². The molecule has 0 radical (unpaired) electrons. The van der Waals surface area contributed by atoms with Crippen molar-refractivity contribution in [3.05, 3.63) is 23.3 Å². The smallest absolute Gasteiger partial charge is 0.339 e. The molecule has 0 unspecified atom stereocenters. The number of aromatic carboxylic acids is 1. The van der Waals surface area contributed by atoms with Crippen LogP contribution in [0.2, 0.25) is 0 Å². The first-order chi connectivity index (χ1) is 7.06. The van der Waals surface area contributed by atoms with Crippen molar-refractivity contribution >= 4 is 5.97 Å². The predicted octanol–water partition coefficient (Wildman–Crippen LogP) is 2.25. The summed E-state index contributed by atoms with van der Waals surface area (Å²) in [4.78, 5) is 19.2. The van der Waals surface area contributed by atoms with Gasteiger partial charge in [0, 0.05) is 12.6 Å². The average molecular weight is 208 g/mol. The Morgan fingerprint density at radius 3 is 2.67 bits per heavy atom. The minimum Gasteiger partial charge on any atom is -0.478 e. The number of nitrogens with zero attached hydrogens (tertiary/aromatic N) is 2. The molecule has 0 saturated heterocycles. The molecule has 0 atom stereocenters. The van der Waals surface area contributed by atoms with E-state index in [0.29, 0.717) is 5.69 Å². The third kappa shape index (κ3) is 2.75. The van der Waals surface area contributed by atoms with E-state index in [1.54, 1.807) is 0 Å². The van der Waals surface area contributed by atoms with Gasteiger partial charge in [-0.3, -0.25) is 0 Å². The number of carbonyl (C=O) groups is 1. The molecular formula is C11H16N2O2. The Hall–Kier alpha value is -1.45. The fraction of sp³-hybridized carbons (Fsp3) is 0.545. The quantitative estimate of drug-likeness (QED) is 0.824. The highest BCUT2D eigenvalue weighted by atomic mass is 16.4. The fourth-order valence-electron chi connectivity index (χ4n) is 1.38. The number of rotatable bonds is 4. The number of carboxylic acid groups (broad SMARTS) is 1. The summed E-state index contributed by atoms with van der Waals surface area (Å²) in [7, 11) is 0. The highest BCUT2D eigenvalue weighted by molar-refractivity contribution is 5.88. The standard InChI is InChI=1S/C11H16N2O2/c1-4-5-9-12-6-8(11(14)15)10(13-9)7(2)3/h6-7H,4-5H2,1-3H3,(H,14,15). The molecule has 0 aromatic carbocycles. The Labute approximate surface area is 89.4 Å². The van der Waals surface area contributed by atoms with Gasteiger partial charge in [-0.25, -0.2) is 14.8 Å². The molecule has 0 spiro atoms. The minimum absolute atomic E-state index is 0.106. The van der Waals surface area contributed by atoms with Gasteiger partial charge in [-0.15, -0.1) is 0 Å². The van der Waals surface area contributed by atoms with E-state index in [1.807, 2.05) is 20.8 Å². The fourth-order valence-corrected chi connectivity index (χ4v) is 1.38. The van der Waals surface area contributed by atoms with Gasteiger partial charge in [0.1, 0.15) is 5.82 Å². The van der Waals surface area contributed by atoms with Crippen molar-refractivity contribution in [2.75, 3.05) is 0 Å². The molecular weight excluding hydrogens is 192 g/mol. The van der Waals surface area contributed by atoms with Crippen molar-refractivity contribution in [3.63, 3.8) is 0 Å². The van der Waals surface area contributed by atoms with Gasteiger partial charge in [-0.2, -0.15) is 0 Å². The predicted molar refractivity (Wildman–Crippen MR) is 57.1 cm³/mol. The average Bonchev–Trinajstić information content (AvgIpc) is 2.17. The zero-order valence-corrected chi connectivity index (χ0v) is 9.32. The molecule has 1 N–H and O–H groups in total. The lowest BCUT2D eigenvalue weighted by molar-refractivity contribution is 0.0694. The molecule has 82 valence electrons. The summed E-state index contributed by atoms with van der Waals surface area (Å²) < 4.78 is 0. The van der Waals surface area contributed by atoms with E-state index >= 15 is 0 Å². The Morgan fingerprint density at radius 2 is 2.20 bits per heavy atom. The summed E-state index contributed by atoms with van der Waals surface area (Å²) in [5.74, 6) is -0.123. The van der Waals surface area contributed by atoms with Crippen LogP contribution in [0.3, 0.4) is 0 Å². The SMILES string of the molecule is CCCc1ncc(C(=O)O)c(C(C)C)n1. The minimum atomic E-state index is -0.957. The molecule has 1 heterocycles. The Bertz CT molecular complexity index is 362. The first-order valence-corrected chi connectivity index (χ1v) is 5.15. The van der Waals surface area contributed by atoms with Crippen molar-refractivity contribution in [2.24, 2.45) is 0 Å². The van der Waals surface area contributed by atoms with Crippen LogP contribution in [0.25, 0.3) is 0 Å². The van der Waals surface area contributed by atoms with Crippen LogP contribution in [0.5, 0.6) is 0 Å². The van der Waals surface area contributed by atoms with Crippen LogP contribution < -0.4 is 0 Å². The summed E-state index contributed by atoms with van der Waals surface area (Å²) in [5.41, 5.74) is 0.839. The Kier molecular flexibility index (Phi) is 3.77. The van der Waals surface area contributed by atoms with Gasteiger partial charge in [-0.1, -0.05) is 20.8 Å². The number of hydrogen-bond acceptors (Lipinski definition) is 3. The molecule has 0 saturated carbocycles. The summed E-state index contributed by atoms with van der Waals surface area (Å²) in [5, 5.41) is 8.96. The molecule has 0 fully saturated rings. The molecule has 0 aliphatic rings. The van der Waals surface area contributed by atoms with Crippen molar-refractivity contribution < 1.29 is 9.90 Å². The Morgan fingerprint density at radius 1 is 1.53 bits per heavy atom. The zero-order valence-electron chi connectivity index (χ0n) is 9.32. The van der Waals surface area contributed by atoms with E-state index in [2.05, 4.69) is 9.97 Å². The molecule has 4 heteroatoms. The van der Waals surface area contributed by atoms with Crippen LogP contribution in [0, 0.1) is 0 Å². The van der Waals surface area contributed by atoms with Gasteiger partial charge < -0.3 is 5.11 Å². The number of aryl methyl sites for hydroxylation is 1. The van der Waals surface area contributed by atoms with Gasteiger partial charge in [0.05, 0.1) is 11.3 Å². The van der Waals surface area contributed by atoms with E-state index in [-0.39, 0.29) is 11.5 Å². The monoisotopic (exact) mass is 208 g/mol. The molecule has 0 aliphatic heterocycles. The second-order valence-electron chi connectivity index (χ2n) is 3.79. The van der Waals surface area contributed by atoms with Crippen molar-refractivity contribution in [1.29, 1.82) is 0 Å². The molecule has 0 aliphatic carbocycles. The lowest BCUT2D eigenvalue weighted by Gasteiger charge is -2.09. The third-order valence-electron chi connectivity index (χ3n) is 2.12. The Balaban J connectivity index is 3.15. The van der Waals surface area contributed by atoms with Gasteiger partial charge in [-0.05, 0) is 12.3 Å². The first kappa shape index (κ1) is 11.6. The van der Waals surface area contributed by atoms with Crippen molar-refractivity contribution in [3.8, 4) is 0 Å². The highest BCUT2D eigenvalue weighted by Gasteiger charge is 2.15. The molecule has 1 aromatic rings. The molecule has 4 nitrogen and oxygen atoms in total. The van der Waals surface area contributed by atoms with E-state index < -0.39 is 5.97 Å². The van der Waals surface area contributed by atoms with Crippen molar-refractivity contribution in [1.82, 2.24) is 9.97 Å². The molecule has 15 heavy (non-hydrogen) atoms. The summed E-state index contributed by atoms with van der Waals surface area (Å²) >= 11 is 0. The second-order valence-corrected chi connectivity index (χ2v) is 3.79. The lowest BCUT2D eigenvalue weighted by atomic mass is 10.1. The maximum atomic E-state index is 10.9. The number of aromatic nitrogens is 2. The molecule has 1 rings (SSSR count). The van der Waals surface area contributed by atoms with Gasteiger partial charge in [0.15, 0.2) is 0 Å². The van der Waals surface area contributed by atoms with Crippen LogP contribution in [0.1, 0.15) is 55.0 Å². The topological polar surface area (TPSA) is 63.1 Å². The van der Waals surface area contributed by atoms with E-state index in [4.69, 9.17) is 5.11 Å². The zero-order chi connectivity index (χ0) is 11.4. The van der Waals surface area contributed by atoms with Gasteiger partial charge >= 0.3 is 5.97 Å². The maximum Gasteiger partial charge on any atom is 0.339 e. The second kappa shape index (κ2) is 4.87. The van der Waals surface area contributed by atoms with E-state index in [1.165, 1.54) is 6.20 Å². The number of carboxylic acids is 1. The molecule has 0 bridgehead atoms. The highest BCUT2D eigenvalue weighted by Crippen LogP contribution is 2.16. The largest absolute Gasteiger partial charge is 0.478 e. The molecule has 1 aromatic heterocycles. The van der Waals surface area contributed by atoms with E-state index in [9.17, 15) is 4.79 Å². The van der Waals surface area contributed by atoms with Gasteiger partial charge in [0.25, 0.3) is 0 Å². The van der Waals surface area contributed by atoms with Crippen molar-refractivity contribution in [2.45, 2.75) is 39.5 Å². The van der Waals surface area contributed by atoms with Crippen LogP contribution in [-0.2, 0) is 6.42 Å². The van der Waals surface area contributed by atoms with Gasteiger partial charge in [0.2, 0.25) is 0 Å². The van der Waals surface area contributed by atoms with Crippen LogP contribution in [-0.4, -0.2) is 21.0 Å². The summed E-state index contributed by atoms with van der Waals surface area (Å²) in [6, 6.07) is 0. The lowest BCUT2D eigenvalue weighted by Crippen LogP contribution is -2.10. The number of hydrogen-bond donors (Lipinski definition) is 1.